The summed E-state index contributed by atoms with van der Waals surface area (Å²) < 4.78 is 26.4. The molecule has 0 saturated heterocycles. The number of carbonyl (C=O) groups excluding carboxylic acids is 1. The van der Waals surface area contributed by atoms with E-state index in [4.69, 9.17) is 23.2 Å². The fraction of sp³-hybridized carbons (Fsp3) is 0. The number of carbonyl (C=O) groups is 1. The Labute approximate surface area is 112 Å². The number of hydrogen-bond donors (Lipinski definition) is 0. The lowest BCUT2D eigenvalue weighted by molar-refractivity contribution is 0.103. The number of rotatable bonds is 2. The Hall–Kier alpha value is -1.45. The van der Waals surface area contributed by atoms with Crippen LogP contribution in [0.3, 0.4) is 0 Å². The van der Waals surface area contributed by atoms with E-state index in [9.17, 15) is 13.6 Å². The molecule has 0 fully saturated rings. The van der Waals surface area contributed by atoms with Crippen LogP contribution in [0.1, 0.15) is 15.9 Å². The van der Waals surface area contributed by atoms with Crippen molar-refractivity contribution in [3.05, 3.63) is 69.2 Å². The maximum Gasteiger partial charge on any atom is 0.196 e. The normalized spacial score (nSPS) is 10.4. The van der Waals surface area contributed by atoms with E-state index in [1.54, 1.807) is 0 Å². The zero-order valence-corrected chi connectivity index (χ0v) is 10.4. The molecule has 18 heavy (non-hydrogen) atoms. The SMILES string of the molecule is O=C(c1ccc(Cl)c(Cl)c1)c1cc(F)ccc1F. The van der Waals surface area contributed by atoms with Crippen LogP contribution in [0.4, 0.5) is 8.78 Å². The highest BCUT2D eigenvalue weighted by atomic mass is 35.5. The van der Waals surface area contributed by atoms with Gasteiger partial charge in [0.2, 0.25) is 0 Å². The third-order valence-corrected chi connectivity index (χ3v) is 3.09. The van der Waals surface area contributed by atoms with Gasteiger partial charge in [0.25, 0.3) is 0 Å². The Morgan fingerprint density at radius 3 is 2.33 bits per heavy atom. The van der Waals surface area contributed by atoms with Crippen molar-refractivity contribution in [3.63, 3.8) is 0 Å². The quantitative estimate of drug-likeness (QED) is 0.743. The van der Waals surface area contributed by atoms with Gasteiger partial charge in [-0.3, -0.25) is 4.79 Å². The van der Waals surface area contributed by atoms with E-state index in [2.05, 4.69) is 0 Å². The van der Waals surface area contributed by atoms with Crippen molar-refractivity contribution in [1.82, 2.24) is 0 Å². The van der Waals surface area contributed by atoms with Crippen molar-refractivity contribution in [2.24, 2.45) is 0 Å². The van der Waals surface area contributed by atoms with Gasteiger partial charge in [0, 0.05) is 5.56 Å². The molecule has 0 aliphatic rings. The summed E-state index contributed by atoms with van der Waals surface area (Å²) in [7, 11) is 0. The van der Waals surface area contributed by atoms with Crippen molar-refractivity contribution < 1.29 is 13.6 Å². The Balaban J connectivity index is 2.47. The summed E-state index contributed by atoms with van der Waals surface area (Å²) in [6.45, 7) is 0. The summed E-state index contributed by atoms with van der Waals surface area (Å²) in [4.78, 5) is 12.0. The average Bonchev–Trinajstić information content (AvgIpc) is 2.35. The molecule has 0 aromatic heterocycles. The van der Waals surface area contributed by atoms with Crippen LogP contribution in [0.2, 0.25) is 10.0 Å². The lowest BCUT2D eigenvalue weighted by Gasteiger charge is -2.04. The molecule has 0 N–H and O–H groups in total. The van der Waals surface area contributed by atoms with E-state index >= 15 is 0 Å². The first-order valence-electron chi connectivity index (χ1n) is 4.94. The molecule has 0 heterocycles. The lowest BCUT2D eigenvalue weighted by atomic mass is 10.0. The smallest absolute Gasteiger partial charge is 0.196 e. The summed E-state index contributed by atoms with van der Waals surface area (Å²) in [6.07, 6.45) is 0. The monoisotopic (exact) mass is 286 g/mol. The Morgan fingerprint density at radius 2 is 1.67 bits per heavy atom. The molecule has 2 rings (SSSR count). The van der Waals surface area contributed by atoms with Gasteiger partial charge in [0.1, 0.15) is 11.6 Å². The molecule has 0 radical (unpaired) electrons. The molecule has 92 valence electrons. The molecule has 0 saturated carbocycles. The van der Waals surface area contributed by atoms with Gasteiger partial charge in [0.15, 0.2) is 5.78 Å². The van der Waals surface area contributed by atoms with Crippen LogP contribution in [0.25, 0.3) is 0 Å². The lowest BCUT2D eigenvalue weighted by Crippen LogP contribution is -2.05. The molecule has 0 unspecified atom stereocenters. The largest absolute Gasteiger partial charge is 0.288 e. The van der Waals surface area contributed by atoms with Crippen LogP contribution in [-0.2, 0) is 0 Å². The minimum absolute atomic E-state index is 0.147. The standard InChI is InChI=1S/C13H6Cl2F2O/c14-10-3-1-7(5-11(10)15)13(18)9-6-8(16)2-4-12(9)17/h1-6H. The van der Waals surface area contributed by atoms with E-state index in [1.165, 1.54) is 18.2 Å². The minimum Gasteiger partial charge on any atom is -0.288 e. The minimum atomic E-state index is -0.785. The van der Waals surface area contributed by atoms with Crippen LogP contribution in [0.5, 0.6) is 0 Å². The van der Waals surface area contributed by atoms with E-state index in [0.29, 0.717) is 0 Å². The predicted octanol–water partition coefficient (Wildman–Crippen LogP) is 4.50. The molecule has 0 spiro atoms. The van der Waals surface area contributed by atoms with Crippen LogP contribution in [0.15, 0.2) is 36.4 Å². The third kappa shape index (κ3) is 2.52. The van der Waals surface area contributed by atoms with Crippen molar-refractivity contribution in [2.75, 3.05) is 0 Å². The van der Waals surface area contributed by atoms with Crippen LogP contribution in [0, 0.1) is 11.6 Å². The third-order valence-electron chi connectivity index (χ3n) is 2.35. The molecule has 2 aromatic carbocycles. The number of halogens is 4. The van der Waals surface area contributed by atoms with Gasteiger partial charge in [-0.15, -0.1) is 0 Å². The molecule has 0 aliphatic heterocycles. The Morgan fingerprint density at radius 1 is 0.944 bits per heavy atom. The highest BCUT2D eigenvalue weighted by molar-refractivity contribution is 6.42. The zero-order chi connectivity index (χ0) is 13.3. The number of hydrogen-bond acceptors (Lipinski definition) is 1. The first-order chi connectivity index (χ1) is 8.49. The second kappa shape index (κ2) is 5.04. The molecule has 0 bridgehead atoms. The molecule has 2 aromatic rings. The van der Waals surface area contributed by atoms with Crippen LogP contribution < -0.4 is 0 Å². The first-order valence-corrected chi connectivity index (χ1v) is 5.69. The van der Waals surface area contributed by atoms with Crippen molar-refractivity contribution >= 4 is 29.0 Å². The molecular formula is C13H6Cl2F2O. The average molecular weight is 287 g/mol. The summed E-state index contributed by atoms with van der Waals surface area (Å²) in [5, 5.41) is 0.465. The number of benzene rings is 2. The molecule has 1 nitrogen and oxygen atoms in total. The van der Waals surface area contributed by atoms with Gasteiger partial charge >= 0.3 is 0 Å². The molecule has 0 amide bonds. The van der Waals surface area contributed by atoms with Crippen LogP contribution in [-0.4, -0.2) is 5.78 Å². The highest BCUT2D eigenvalue weighted by Gasteiger charge is 2.15. The maximum absolute atomic E-state index is 13.4. The first kappa shape index (κ1) is 13.0. The van der Waals surface area contributed by atoms with E-state index in [0.717, 1.165) is 18.2 Å². The Kier molecular flexibility index (Phi) is 3.64. The van der Waals surface area contributed by atoms with Gasteiger partial charge in [-0.05, 0) is 36.4 Å². The van der Waals surface area contributed by atoms with Crippen LogP contribution >= 0.6 is 23.2 Å². The van der Waals surface area contributed by atoms with Gasteiger partial charge in [0.05, 0.1) is 15.6 Å². The van der Waals surface area contributed by atoms with Gasteiger partial charge in [-0.2, -0.15) is 0 Å². The van der Waals surface area contributed by atoms with Gasteiger partial charge < -0.3 is 0 Å². The number of ketones is 1. The highest BCUT2D eigenvalue weighted by Crippen LogP contribution is 2.24. The van der Waals surface area contributed by atoms with Crippen molar-refractivity contribution in [3.8, 4) is 0 Å². The van der Waals surface area contributed by atoms with Crippen molar-refractivity contribution in [1.29, 1.82) is 0 Å². The van der Waals surface area contributed by atoms with Gasteiger partial charge in [-0.25, -0.2) is 8.78 Å². The topological polar surface area (TPSA) is 17.1 Å². The molecule has 5 heteroatoms. The summed E-state index contributed by atoms with van der Waals surface area (Å²) in [5.74, 6) is -2.11. The zero-order valence-electron chi connectivity index (χ0n) is 8.88. The van der Waals surface area contributed by atoms with Crippen molar-refractivity contribution in [2.45, 2.75) is 0 Å². The van der Waals surface area contributed by atoms with Gasteiger partial charge in [-0.1, -0.05) is 23.2 Å². The molecule has 0 aliphatic carbocycles. The van der Waals surface area contributed by atoms with E-state index in [-0.39, 0.29) is 21.2 Å². The van der Waals surface area contributed by atoms with E-state index < -0.39 is 17.4 Å². The fourth-order valence-electron chi connectivity index (χ4n) is 1.46. The maximum atomic E-state index is 13.4. The summed E-state index contributed by atoms with van der Waals surface area (Å²) >= 11 is 11.5. The summed E-state index contributed by atoms with van der Waals surface area (Å²) in [5.41, 5.74) is -0.192. The second-order valence-electron chi connectivity index (χ2n) is 3.58. The fourth-order valence-corrected chi connectivity index (χ4v) is 1.76. The Bertz CT molecular complexity index is 626. The molecule has 0 atom stereocenters. The second-order valence-corrected chi connectivity index (χ2v) is 4.40. The molecular weight excluding hydrogens is 281 g/mol. The predicted molar refractivity (Wildman–Crippen MR) is 66.3 cm³/mol. The van der Waals surface area contributed by atoms with E-state index in [1.807, 2.05) is 0 Å². The summed E-state index contributed by atoms with van der Waals surface area (Å²) in [6, 6.07) is 6.84.